The normalized spacial score (nSPS) is 46.7. The highest BCUT2D eigenvalue weighted by Gasteiger charge is 2.63. The lowest BCUT2D eigenvalue weighted by Gasteiger charge is -2.37. The van der Waals surface area contributed by atoms with E-state index in [1.54, 1.807) is 0 Å². The summed E-state index contributed by atoms with van der Waals surface area (Å²) >= 11 is 0. The van der Waals surface area contributed by atoms with Gasteiger partial charge in [0.1, 0.15) is 0 Å². The number of carbonyl (C=O) groups is 1. The standard InChI is InChI=1S/C11H18O2/c1-10(2)7-4-5-11(10,3)8(6-7)9(12)13/h7-8H,4-6H2,1-3H3,(H,12,13)/t7-,8+,11+/m1/s1. The third kappa shape index (κ3) is 0.866. The number of hydrogen-bond acceptors (Lipinski definition) is 1. The molecule has 0 aromatic rings. The minimum Gasteiger partial charge on any atom is -0.481 e. The molecule has 2 heteroatoms. The number of hydrogen-bond donors (Lipinski definition) is 1. The van der Waals surface area contributed by atoms with E-state index in [9.17, 15) is 4.79 Å². The molecule has 2 aliphatic rings. The van der Waals surface area contributed by atoms with Gasteiger partial charge in [0.15, 0.2) is 0 Å². The Bertz CT molecular complexity index is 257. The van der Waals surface area contributed by atoms with Gasteiger partial charge in [-0.1, -0.05) is 20.8 Å². The molecule has 0 aromatic carbocycles. The number of aliphatic carboxylic acids is 1. The molecule has 2 bridgehead atoms. The van der Waals surface area contributed by atoms with Gasteiger partial charge in [-0.3, -0.25) is 4.79 Å². The number of carboxylic acid groups (broad SMARTS) is 1. The first-order valence-electron chi connectivity index (χ1n) is 5.12. The fourth-order valence-corrected chi connectivity index (χ4v) is 3.58. The first-order chi connectivity index (χ1) is 5.89. The molecule has 0 aromatic heterocycles. The van der Waals surface area contributed by atoms with Gasteiger partial charge in [-0.05, 0) is 36.0 Å². The smallest absolute Gasteiger partial charge is 0.307 e. The molecule has 2 fully saturated rings. The fraction of sp³-hybridized carbons (Fsp3) is 0.909. The topological polar surface area (TPSA) is 37.3 Å². The summed E-state index contributed by atoms with van der Waals surface area (Å²) < 4.78 is 0. The highest BCUT2D eigenvalue weighted by atomic mass is 16.4. The Balaban J connectivity index is 2.38. The Kier molecular flexibility index (Phi) is 1.59. The molecule has 2 aliphatic carbocycles. The molecule has 2 saturated carbocycles. The summed E-state index contributed by atoms with van der Waals surface area (Å²) in [4.78, 5) is 11.1. The van der Waals surface area contributed by atoms with Gasteiger partial charge in [-0.25, -0.2) is 0 Å². The van der Waals surface area contributed by atoms with E-state index in [2.05, 4.69) is 20.8 Å². The maximum absolute atomic E-state index is 11.1. The minimum atomic E-state index is -0.585. The third-order valence-electron chi connectivity index (χ3n) is 5.09. The van der Waals surface area contributed by atoms with E-state index in [4.69, 9.17) is 5.11 Å². The van der Waals surface area contributed by atoms with Crippen LogP contribution in [-0.2, 0) is 4.79 Å². The quantitative estimate of drug-likeness (QED) is 0.676. The largest absolute Gasteiger partial charge is 0.481 e. The Labute approximate surface area is 79.3 Å². The molecule has 0 aliphatic heterocycles. The number of rotatable bonds is 1. The average molecular weight is 182 g/mol. The lowest BCUT2D eigenvalue weighted by atomic mass is 9.67. The summed E-state index contributed by atoms with van der Waals surface area (Å²) in [5.41, 5.74) is 0.277. The highest BCUT2D eigenvalue weighted by Crippen LogP contribution is 2.68. The predicted molar refractivity (Wildman–Crippen MR) is 50.4 cm³/mol. The Morgan fingerprint density at radius 3 is 2.23 bits per heavy atom. The van der Waals surface area contributed by atoms with Gasteiger partial charge >= 0.3 is 5.97 Å². The summed E-state index contributed by atoms with van der Waals surface area (Å²) in [6.45, 7) is 6.65. The predicted octanol–water partition coefficient (Wildman–Crippen LogP) is 2.53. The van der Waals surface area contributed by atoms with E-state index in [0.29, 0.717) is 5.92 Å². The second kappa shape index (κ2) is 2.28. The lowest BCUT2D eigenvalue weighted by Crippen LogP contribution is -2.36. The molecule has 13 heavy (non-hydrogen) atoms. The van der Waals surface area contributed by atoms with Crippen LogP contribution in [0, 0.1) is 22.7 Å². The Morgan fingerprint density at radius 2 is 2.00 bits per heavy atom. The second-order valence-corrected chi connectivity index (χ2v) is 5.50. The van der Waals surface area contributed by atoms with E-state index in [1.807, 2.05) is 0 Å². The zero-order valence-corrected chi connectivity index (χ0v) is 8.63. The minimum absolute atomic E-state index is 0.0451. The van der Waals surface area contributed by atoms with Crippen LogP contribution in [-0.4, -0.2) is 11.1 Å². The third-order valence-corrected chi connectivity index (χ3v) is 5.09. The first kappa shape index (κ1) is 9.04. The Hall–Kier alpha value is -0.530. The monoisotopic (exact) mass is 182 g/mol. The maximum Gasteiger partial charge on any atom is 0.307 e. The summed E-state index contributed by atoms with van der Waals surface area (Å²) in [5, 5.41) is 9.13. The van der Waals surface area contributed by atoms with E-state index in [-0.39, 0.29) is 16.7 Å². The molecule has 0 saturated heterocycles. The molecule has 1 N–H and O–H groups in total. The van der Waals surface area contributed by atoms with Crippen LogP contribution in [0.3, 0.4) is 0 Å². The van der Waals surface area contributed by atoms with Gasteiger partial charge < -0.3 is 5.11 Å². The van der Waals surface area contributed by atoms with Gasteiger partial charge in [-0.15, -0.1) is 0 Å². The summed E-state index contributed by atoms with van der Waals surface area (Å²) in [6.07, 6.45) is 3.23. The first-order valence-corrected chi connectivity index (χ1v) is 5.12. The van der Waals surface area contributed by atoms with Crippen LogP contribution in [0.2, 0.25) is 0 Å². The van der Waals surface area contributed by atoms with E-state index >= 15 is 0 Å². The average Bonchev–Trinajstić information content (AvgIpc) is 2.34. The van der Waals surface area contributed by atoms with Crippen LogP contribution < -0.4 is 0 Å². The van der Waals surface area contributed by atoms with Crippen molar-refractivity contribution in [3.05, 3.63) is 0 Å². The number of carboxylic acids is 1. The van der Waals surface area contributed by atoms with Crippen LogP contribution >= 0.6 is 0 Å². The van der Waals surface area contributed by atoms with Crippen LogP contribution in [0.1, 0.15) is 40.0 Å². The van der Waals surface area contributed by atoms with Gasteiger partial charge in [0.25, 0.3) is 0 Å². The lowest BCUT2D eigenvalue weighted by molar-refractivity contribution is -0.147. The molecule has 2 nitrogen and oxygen atoms in total. The maximum atomic E-state index is 11.1. The van der Waals surface area contributed by atoms with Gasteiger partial charge in [0.2, 0.25) is 0 Å². The van der Waals surface area contributed by atoms with Crippen LogP contribution in [0.15, 0.2) is 0 Å². The van der Waals surface area contributed by atoms with Crippen LogP contribution in [0.25, 0.3) is 0 Å². The zero-order chi connectivity index (χ0) is 9.85. The van der Waals surface area contributed by atoms with Crippen molar-refractivity contribution in [3.8, 4) is 0 Å². The molecule has 0 amide bonds. The molecule has 0 unspecified atom stereocenters. The van der Waals surface area contributed by atoms with E-state index in [1.165, 1.54) is 6.42 Å². The molecule has 0 heterocycles. The second-order valence-electron chi connectivity index (χ2n) is 5.50. The highest BCUT2D eigenvalue weighted by molar-refractivity contribution is 5.72. The molecule has 74 valence electrons. The van der Waals surface area contributed by atoms with Crippen molar-refractivity contribution in [3.63, 3.8) is 0 Å². The fourth-order valence-electron chi connectivity index (χ4n) is 3.58. The van der Waals surface area contributed by atoms with Crippen molar-refractivity contribution in [2.45, 2.75) is 40.0 Å². The summed E-state index contributed by atoms with van der Waals surface area (Å²) in [5.74, 6) is -0.0439. The molecule has 3 atom stereocenters. The van der Waals surface area contributed by atoms with Crippen molar-refractivity contribution in [1.29, 1.82) is 0 Å². The van der Waals surface area contributed by atoms with Crippen LogP contribution in [0.4, 0.5) is 0 Å². The van der Waals surface area contributed by atoms with Crippen LogP contribution in [0.5, 0.6) is 0 Å². The molecule has 0 spiro atoms. The molecule has 0 radical (unpaired) electrons. The van der Waals surface area contributed by atoms with E-state index < -0.39 is 5.97 Å². The van der Waals surface area contributed by atoms with Gasteiger partial charge in [-0.2, -0.15) is 0 Å². The Morgan fingerprint density at radius 1 is 1.38 bits per heavy atom. The van der Waals surface area contributed by atoms with E-state index in [0.717, 1.165) is 12.8 Å². The van der Waals surface area contributed by atoms with Crippen molar-refractivity contribution >= 4 is 5.97 Å². The molecule has 2 rings (SSSR count). The van der Waals surface area contributed by atoms with Crippen molar-refractivity contribution in [2.75, 3.05) is 0 Å². The van der Waals surface area contributed by atoms with Crippen molar-refractivity contribution < 1.29 is 9.90 Å². The van der Waals surface area contributed by atoms with Crippen molar-refractivity contribution in [2.24, 2.45) is 22.7 Å². The SMILES string of the molecule is CC1(C)[C@@H]2CC[C@@]1(C)[C@H](C(=O)O)C2. The summed E-state index contributed by atoms with van der Waals surface area (Å²) in [7, 11) is 0. The number of fused-ring (bicyclic) bond motifs is 2. The molecular weight excluding hydrogens is 164 g/mol. The van der Waals surface area contributed by atoms with Gasteiger partial charge in [0.05, 0.1) is 5.92 Å². The van der Waals surface area contributed by atoms with Gasteiger partial charge in [0, 0.05) is 0 Å². The zero-order valence-electron chi connectivity index (χ0n) is 8.63. The summed E-state index contributed by atoms with van der Waals surface area (Å²) in [6, 6.07) is 0. The van der Waals surface area contributed by atoms with Crippen molar-refractivity contribution in [1.82, 2.24) is 0 Å². The molecular formula is C11H18O2.